The zero-order valence-electron chi connectivity index (χ0n) is 17.1. The molecule has 0 aliphatic heterocycles. The molecule has 2 rings (SSSR count). The number of benzene rings is 1. The Bertz CT molecular complexity index is 872. The molecule has 3 unspecified atom stereocenters. The summed E-state index contributed by atoms with van der Waals surface area (Å²) in [5, 5.41) is 34.7. The number of likely N-dealkylation sites (N-methyl/N-ethyl adjacent to an activating group) is 1. The van der Waals surface area contributed by atoms with E-state index in [-0.39, 0.29) is 6.61 Å². The maximum Gasteiger partial charge on any atom is 0.336 e. The topological polar surface area (TPSA) is 162 Å². The third kappa shape index (κ3) is 6.88. The minimum atomic E-state index is -2.77. The number of aliphatic hydroxyl groups is 1. The second-order valence-corrected chi connectivity index (χ2v) is 7.13. The molecule has 168 valence electrons. The third-order valence-electron chi connectivity index (χ3n) is 4.43. The van der Waals surface area contributed by atoms with E-state index in [9.17, 15) is 19.5 Å². The molecule has 3 atom stereocenters. The fourth-order valence-electron chi connectivity index (χ4n) is 2.77. The Morgan fingerprint density at radius 3 is 2.32 bits per heavy atom. The number of H-pyrrole nitrogens is 1. The van der Waals surface area contributed by atoms with Gasteiger partial charge in [-0.15, -0.1) is 0 Å². The Morgan fingerprint density at radius 1 is 1.13 bits per heavy atom. The van der Waals surface area contributed by atoms with E-state index in [2.05, 4.69) is 10.2 Å². The molecular weight excluding hydrogens is 410 g/mol. The number of carbonyl (C=O) groups excluding carboxylic acids is 1. The number of rotatable bonds is 12. The molecule has 0 bridgehead atoms. The third-order valence-corrected chi connectivity index (χ3v) is 4.43. The fraction of sp³-hybridized carbons (Fsp3) is 0.400. The molecule has 0 aliphatic rings. The number of nitrogens with one attached hydrogen (secondary N) is 1. The predicted molar refractivity (Wildman–Crippen MR) is 106 cm³/mol. The van der Waals surface area contributed by atoms with Crippen LogP contribution in [0.2, 0.25) is 0 Å². The molecule has 1 heterocycles. The molecule has 11 heteroatoms. The Hall–Kier alpha value is -3.28. The summed E-state index contributed by atoms with van der Waals surface area (Å²) in [5.41, 5.74) is -1.27. The number of nitrogens with zero attached hydrogens (tertiary/aromatic N) is 2. The monoisotopic (exact) mass is 435 g/mol. The number of ether oxygens (including phenoxy) is 2. The first-order chi connectivity index (χ1) is 14.6. The average Bonchev–Trinajstić information content (AvgIpc) is 3.21. The van der Waals surface area contributed by atoms with E-state index in [0.29, 0.717) is 5.69 Å². The standard InChI is InChI=1S/C20H25N3O8/c1-23(2)15(31-17(26)11-20(29,19(27)28)10-16(24)25)12-30-18(14-8-9-21-22-14)13-6-4-3-5-7-13/h3-9,15,18,29H,10-12H2,1-2H3,(H,21,22)(H,24,25)(H,27,28). The lowest BCUT2D eigenvalue weighted by Crippen LogP contribution is -2.45. The molecule has 0 saturated carbocycles. The molecule has 0 amide bonds. The van der Waals surface area contributed by atoms with Crippen LogP contribution < -0.4 is 0 Å². The van der Waals surface area contributed by atoms with E-state index in [1.165, 1.54) is 4.90 Å². The highest BCUT2D eigenvalue weighted by atomic mass is 16.6. The van der Waals surface area contributed by atoms with Crippen LogP contribution in [0.5, 0.6) is 0 Å². The lowest BCUT2D eigenvalue weighted by atomic mass is 9.96. The molecule has 0 saturated heterocycles. The van der Waals surface area contributed by atoms with Crippen molar-refractivity contribution in [2.45, 2.75) is 30.8 Å². The fourth-order valence-corrected chi connectivity index (χ4v) is 2.77. The van der Waals surface area contributed by atoms with E-state index in [4.69, 9.17) is 19.7 Å². The van der Waals surface area contributed by atoms with Crippen LogP contribution in [0.1, 0.15) is 30.2 Å². The summed E-state index contributed by atoms with van der Waals surface area (Å²) >= 11 is 0. The van der Waals surface area contributed by atoms with Gasteiger partial charge in [-0.05, 0) is 25.7 Å². The number of aromatic nitrogens is 2. The van der Waals surface area contributed by atoms with Gasteiger partial charge in [0.05, 0.1) is 25.1 Å². The van der Waals surface area contributed by atoms with E-state index >= 15 is 0 Å². The van der Waals surface area contributed by atoms with Crippen LogP contribution in [0.25, 0.3) is 0 Å². The van der Waals surface area contributed by atoms with Gasteiger partial charge in [0, 0.05) is 6.20 Å². The van der Waals surface area contributed by atoms with Crippen LogP contribution in [0.15, 0.2) is 42.6 Å². The van der Waals surface area contributed by atoms with Crippen molar-refractivity contribution in [3.63, 3.8) is 0 Å². The van der Waals surface area contributed by atoms with Crippen LogP contribution >= 0.6 is 0 Å². The summed E-state index contributed by atoms with van der Waals surface area (Å²) < 4.78 is 11.2. The van der Waals surface area contributed by atoms with Crippen molar-refractivity contribution in [3.8, 4) is 0 Å². The number of aliphatic carboxylic acids is 2. The van der Waals surface area contributed by atoms with Crippen LogP contribution in [-0.4, -0.2) is 80.9 Å². The van der Waals surface area contributed by atoms with Crippen molar-refractivity contribution in [1.29, 1.82) is 0 Å². The number of aromatic amines is 1. The van der Waals surface area contributed by atoms with Crippen LogP contribution in [0.3, 0.4) is 0 Å². The van der Waals surface area contributed by atoms with Crippen LogP contribution in [-0.2, 0) is 23.9 Å². The van der Waals surface area contributed by atoms with Gasteiger partial charge in [-0.25, -0.2) is 4.79 Å². The molecule has 0 fully saturated rings. The second-order valence-electron chi connectivity index (χ2n) is 7.13. The number of esters is 1. The normalized spacial score (nSPS) is 15.1. The largest absolute Gasteiger partial charge is 0.481 e. The lowest BCUT2D eigenvalue weighted by Gasteiger charge is -2.28. The highest BCUT2D eigenvalue weighted by Crippen LogP contribution is 2.25. The maximum atomic E-state index is 12.3. The first-order valence-electron chi connectivity index (χ1n) is 9.31. The zero-order valence-corrected chi connectivity index (χ0v) is 17.1. The van der Waals surface area contributed by atoms with Gasteiger partial charge in [0.25, 0.3) is 0 Å². The maximum absolute atomic E-state index is 12.3. The van der Waals surface area contributed by atoms with E-state index < -0.39 is 48.7 Å². The highest BCUT2D eigenvalue weighted by Gasteiger charge is 2.42. The molecule has 0 spiro atoms. The van der Waals surface area contributed by atoms with Gasteiger partial charge in [-0.3, -0.25) is 19.6 Å². The minimum Gasteiger partial charge on any atom is -0.481 e. The van der Waals surface area contributed by atoms with Gasteiger partial charge in [0.1, 0.15) is 6.10 Å². The number of hydrogen-bond donors (Lipinski definition) is 4. The number of carboxylic acid groups (broad SMARTS) is 2. The first kappa shape index (κ1) is 24.0. The minimum absolute atomic E-state index is 0.0955. The van der Waals surface area contributed by atoms with Gasteiger partial charge in [0.2, 0.25) is 0 Å². The summed E-state index contributed by atoms with van der Waals surface area (Å²) in [5.74, 6) is -4.46. The molecule has 4 N–H and O–H groups in total. The summed E-state index contributed by atoms with van der Waals surface area (Å²) in [6, 6.07) is 11.0. The molecule has 0 aliphatic carbocycles. The average molecular weight is 435 g/mol. The number of carbonyl (C=O) groups is 3. The zero-order chi connectivity index (χ0) is 23.0. The van der Waals surface area contributed by atoms with Crippen molar-refractivity contribution in [2.75, 3.05) is 20.7 Å². The van der Waals surface area contributed by atoms with Gasteiger partial charge in [-0.2, -0.15) is 5.10 Å². The summed E-state index contributed by atoms with van der Waals surface area (Å²) in [6.07, 6.45) is -2.05. The Morgan fingerprint density at radius 2 is 1.81 bits per heavy atom. The predicted octanol–water partition coefficient (Wildman–Crippen LogP) is 0.627. The van der Waals surface area contributed by atoms with E-state index in [1.54, 1.807) is 26.4 Å². The van der Waals surface area contributed by atoms with E-state index in [1.807, 2.05) is 30.3 Å². The number of carboxylic acids is 2. The Labute approximate surface area is 178 Å². The molecular formula is C20H25N3O8. The molecule has 31 heavy (non-hydrogen) atoms. The molecule has 1 aromatic heterocycles. The number of hydrogen-bond acceptors (Lipinski definition) is 8. The molecule has 0 radical (unpaired) electrons. The van der Waals surface area contributed by atoms with Crippen molar-refractivity contribution >= 4 is 17.9 Å². The van der Waals surface area contributed by atoms with Crippen LogP contribution in [0, 0.1) is 0 Å². The lowest BCUT2D eigenvalue weighted by molar-refractivity contribution is -0.179. The second kappa shape index (κ2) is 10.7. The molecule has 11 nitrogen and oxygen atoms in total. The smallest absolute Gasteiger partial charge is 0.336 e. The summed E-state index contributed by atoms with van der Waals surface area (Å²) in [7, 11) is 3.24. The summed E-state index contributed by atoms with van der Waals surface area (Å²) in [6.45, 7) is -0.0955. The van der Waals surface area contributed by atoms with Gasteiger partial charge >= 0.3 is 17.9 Å². The Kier molecular flexibility index (Phi) is 8.25. The van der Waals surface area contributed by atoms with Gasteiger partial charge in [-0.1, -0.05) is 30.3 Å². The van der Waals surface area contributed by atoms with Crippen molar-refractivity contribution < 1.29 is 39.2 Å². The quantitative estimate of drug-likeness (QED) is 0.275. The molecule has 1 aromatic carbocycles. The first-order valence-corrected chi connectivity index (χ1v) is 9.31. The van der Waals surface area contributed by atoms with Crippen LogP contribution in [0.4, 0.5) is 0 Å². The Balaban J connectivity index is 2.09. The molecule has 2 aromatic rings. The van der Waals surface area contributed by atoms with Gasteiger partial charge < -0.3 is 24.8 Å². The van der Waals surface area contributed by atoms with Crippen molar-refractivity contribution in [3.05, 3.63) is 53.9 Å². The van der Waals surface area contributed by atoms with Crippen molar-refractivity contribution in [1.82, 2.24) is 15.1 Å². The van der Waals surface area contributed by atoms with Crippen molar-refractivity contribution in [2.24, 2.45) is 0 Å². The SMILES string of the molecule is CN(C)C(COC(c1ccccc1)c1ccn[nH]1)OC(=O)CC(O)(CC(=O)O)C(=O)O. The highest BCUT2D eigenvalue weighted by molar-refractivity contribution is 5.88. The van der Waals surface area contributed by atoms with Gasteiger partial charge in [0.15, 0.2) is 11.8 Å². The van der Waals surface area contributed by atoms with E-state index in [0.717, 1.165) is 5.56 Å². The summed E-state index contributed by atoms with van der Waals surface area (Å²) in [4.78, 5) is 35.9.